The first kappa shape index (κ1) is 17.3. The Hall–Kier alpha value is -3.14. The summed E-state index contributed by atoms with van der Waals surface area (Å²) in [4.78, 5) is 5.90. The third-order valence-electron chi connectivity index (χ3n) is 4.55. The SMILES string of the molecule is c1ccc(OO[Si](c2ccccc2)(c2ccccc2)c2ccccc2)cc1. The maximum absolute atomic E-state index is 6.41. The second-order valence-corrected chi connectivity index (χ2v) is 9.52. The second-order valence-electron chi connectivity index (χ2n) is 6.26. The van der Waals surface area contributed by atoms with Gasteiger partial charge in [0.2, 0.25) is 0 Å². The molecule has 0 aliphatic carbocycles. The van der Waals surface area contributed by atoms with E-state index in [1.165, 1.54) is 0 Å². The molecule has 0 saturated heterocycles. The summed E-state index contributed by atoms with van der Waals surface area (Å²) in [6.07, 6.45) is 0. The van der Waals surface area contributed by atoms with Crippen LogP contribution >= 0.6 is 0 Å². The number of rotatable bonds is 6. The van der Waals surface area contributed by atoms with Crippen molar-refractivity contribution >= 4 is 23.9 Å². The molecular formula is C24H20O2Si. The molecule has 132 valence electrons. The van der Waals surface area contributed by atoms with E-state index in [4.69, 9.17) is 9.46 Å². The molecule has 4 aromatic rings. The molecule has 0 aliphatic rings. The highest BCUT2D eigenvalue weighted by Crippen LogP contribution is 2.15. The quantitative estimate of drug-likeness (QED) is 0.224. The zero-order valence-electron chi connectivity index (χ0n) is 14.9. The molecule has 0 fully saturated rings. The van der Waals surface area contributed by atoms with Crippen molar-refractivity contribution in [2.45, 2.75) is 0 Å². The molecule has 0 radical (unpaired) electrons. The molecule has 2 nitrogen and oxygen atoms in total. The van der Waals surface area contributed by atoms with Crippen molar-refractivity contribution in [3.63, 3.8) is 0 Å². The summed E-state index contributed by atoms with van der Waals surface area (Å²) < 4.78 is 6.41. The molecule has 4 rings (SSSR count). The minimum absolute atomic E-state index is 0.692. The van der Waals surface area contributed by atoms with Gasteiger partial charge in [-0.2, -0.15) is 0 Å². The molecule has 3 heteroatoms. The van der Waals surface area contributed by atoms with Crippen LogP contribution in [0.1, 0.15) is 0 Å². The molecule has 0 aliphatic heterocycles. The lowest BCUT2D eigenvalue weighted by atomic mass is 10.3. The maximum Gasteiger partial charge on any atom is 0.347 e. The summed E-state index contributed by atoms with van der Waals surface area (Å²) in [6, 6.07) is 40.8. The van der Waals surface area contributed by atoms with Crippen LogP contribution < -0.4 is 20.4 Å². The van der Waals surface area contributed by atoms with Crippen LogP contribution in [0.2, 0.25) is 0 Å². The van der Waals surface area contributed by atoms with E-state index < -0.39 is 8.32 Å². The second kappa shape index (κ2) is 8.04. The van der Waals surface area contributed by atoms with Crippen LogP contribution in [0.25, 0.3) is 0 Å². The Bertz CT molecular complexity index is 861. The Morgan fingerprint density at radius 2 is 0.741 bits per heavy atom. The molecule has 4 aromatic carbocycles. The molecule has 0 heterocycles. The summed E-state index contributed by atoms with van der Waals surface area (Å²) >= 11 is 0. The molecule has 0 spiro atoms. The van der Waals surface area contributed by atoms with Crippen LogP contribution in [0.15, 0.2) is 121 Å². The minimum atomic E-state index is -2.83. The van der Waals surface area contributed by atoms with Crippen molar-refractivity contribution in [3.05, 3.63) is 121 Å². The van der Waals surface area contributed by atoms with Gasteiger partial charge in [-0.3, -0.25) is 0 Å². The molecule has 0 amide bonds. The van der Waals surface area contributed by atoms with Crippen LogP contribution in [-0.4, -0.2) is 8.32 Å². The van der Waals surface area contributed by atoms with Crippen LogP contribution in [0.3, 0.4) is 0 Å². The highest BCUT2D eigenvalue weighted by atomic mass is 28.4. The summed E-state index contributed by atoms with van der Waals surface area (Å²) in [5.74, 6) is 0.692. The predicted molar refractivity (Wildman–Crippen MR) is 112 cm³/mol. The van der Waals surface area contributed by atoms with Gasteiger partial charge in [-0.1, -0.05) is 109 Å². The van der Waals surface area contributed by atoms with Crippen LogP contribution in [-0.2, 0) is 4.58 Å². The fourth-order valence-corrected chi connectivity index (χ4v) is 6.75. The minimum Gasteiger partial charge on any atom is -0.348 e. The Morgan fingerprint density at radius 3 is 1.11 bits per heavy atom. The number of para-hydroxylation sites is 1. The number of benzene rings is 4. The van der Waals surface area contributed by atoms with E-state index in [1.807, 2.05) is 48.5 Å². The molecule has 0 bridgehead atoms. The highest BCUT2D eigenvalue weighted by molar-refractivity contribution is 7.07. The normalized spacial score (nSPS) is 11.1. The fourth-order valence-electron chi connectivity index (χ4n) is 3.25. The van der Waals surface area contributed by atoms with Crippen LogP contribution in [0, 0.1) is 0 Å². The van der Waals surface area contributed by atoms with Crippen molar-refractivity contribution in [1.29, 1.82) is 0 Å². The monoisotopic (exact) mass is 368 g/mol. The van der Waals surface area contributed by atoms with E-state index in [-0.39, 0.29) is 0 Å². The van der Waals surface area contributed by atoms with Crippen molar-refractivity contribution in [2.24, 2.45) is 0 Å². The first-order valence-corrected chi connectivity index (χ1v) is 10.9. The molecule has 0 N–H and O–H groups in total. The van der Waals surface area contributed by atoms with Gasteiger partial charge in [-0.05, 0) is 27.7 Å². The highest BCUT2D eigenvalue weighted by Gasteiger charge is 2.44. The van der Waals surface area contributed by atoms with Gasteiger partial charge in [0, 0.05) is 0 Å². The van der Waals surface area contributed by atoms with Gasteiger partial charge in [0.1, 0.15) is 0 Å². The molecule has 0 aromatic heterocycles. The van der Waals surface area contributed by atoms with Gasteiger partial charge < -0.3 is 4.89 Å². The lowest BCUT2D eigenvalue weighted by Crippen LogP contribution is -2.69. The van der Waals surface area contributed by atoms with Crippen LogP contribution in [0.5, 0.6) is 5.75 Å². The van der Waals surface area contributed by atoms with Gasteiger partial charge in [0.25, 0.3) is 0 Å². The fraction of sp³-hybridized carbons (Fsp3) is 0. The molecule has 0 unspecified atom stereocenters. The standard InChI is InChI=1S/C24H20O2Si/c1-5-13-21(14-6-1)25-26-27(22-15-7-2-8-16-22,23-17-9-3-10-18-23)24-19-11-4-12-20-24/h1-20H. The topological polar surface area (TPSA) is 18.5 Å². The summed E-state index contributed by atoms with van der Waals surface area (Å²) in [5, 5.41) is 3.41. The zero-order chi connectivity index (χ0) is 18.4. The number of hydrogen-bond acceptors (Lipinski definition) is 2. The Kier molecular flexibility index (Phi) is 5.14. The molecule has 0 saturated carbocycles. The zero-order valence-corrected chi connectivity index (χ0v) is 15.9. The van der Waals surface area contributed by atoms with Crippen LogP contribution in [0.4, 0.5) is 0 Å². The first-order valence-electron chi connectivity index (χ1n) is 8.97. The van der Waals surface area contributed by atoms with Crippen molar-refractivity contribution < 1.29 is 9.46 Å². The number of hydrogen-bond donors (Lipinski definition) is 0. The lowest BCUT2D eigenvalue weighted by molar-refractivity contribution is -0.106. The summed E-state index contributed by atoms with van der Waals surface area (Å²) in [7, 11) is -2.83. The molecule has 0 atom stereocenters. The van der Waals surface area contributed by atoms with Gasteiger partial charge in [0.05, 0.1) is 0 Å². The Morgan fingerprint density at radius 1 is 0.407 bits per heavy atom. The van der Waals surface area contributed by atoms with E-state index in [1.54, 1.807) is 0 Å². The van der Waals surface area contributed by atoms with E-state index in [0.29, 0.717) is 5.75 Å². The average Bonchev–Trinajstić information content (AvgIpc) is 2.77. The lowest BCUT2D eigenvalue weighted by Gasteiger charge is -2.31. The van der Waals surface area contributed by atoms with Gasteiger partial charge >= 0.3 is 8.32 Å². The van der Waals surface area contributed by atoms with E-state index in [9.17, 15) is 0 Å². The van der Waals surface area contributed by atoms with E-state index in [2.05, 4.69) is 72.8 Å². The third-order valence-corrected chi connectivity index (χ3v) is 8.32. The summed E-state index contributed by atoms with van der Waals surface area (Å²) in [5.41, 5.74) is 0. The maximum atomic E-state index is 6.41. The average molecular weight is 369 g/mol. The van der Waals surface area contributed by atoms with Crippen molar-refractivity contribution in [1.82, 2.24) is 0 Å². The van der Waals surface area contributed by atoms with Crippen molar-refractivity contribution in [2.75, 3.05) is 0 Å². The van der Waals surface area contributed by atoms with Gasteiger partial charge in [-0.25, -0.2) is 4.58 Å². The van der Waals surface area contributed by atoms with Gasteiger partial charge in [-0.15, -0.1) is 0 Å². The van der Waals surface area contributed by atoms with Gasteiger partial charge in [0.15, 0.2) is 5.75 Å². The first-order chi connectivity index (χ1) is 13.4. The third kappa shape index (κ3) is 3.56. The largest absolute Gasteiger partial charge is 0.348 e. The molecular weight excluding hydrogens is 348 g/mol. The van der Waals surface area contributed by atoms with E-state index >= 15 is 0 Å². The van der Waals surface area contributed by atoms with Crippen molar-refractivity contribution in [3.8, 4) is 5.75 Å². The smallest absolute Gasteiger partial charge is 0.347 e. The summed E-state index contributed by atoms with van der Waals surface area (Å²) in [6.45, 7) is 0. The molecule has 27 heavy (non-hydrogen) atoms. The Balaban J connectivity index is 1.89. The Labute approximate surface area is 160 Å². The van der Waals surface area contributed by atoms with E-state index in [0.717, 1.165) is 15.6 Å². The predicted octanol–water partition coefficient (Wildman–Crippen LogP) is 3.66.